The van der Waals surface area contributed by atoms with Gasteiger partial charge in [0.2, 0.25) is 17.8 Å². The van der Waals surface area contributed by atoms with Crippen LogP contribution in [0.15, 0.2) is 0 Å². The van der Waals surface area contributed by atoms with Crippen LogP contribution in [0.3, 0.4) is 0 Å². The molecule has 0 aromatic carbocycles. The van der Waals surface area contributed by atoms with Gasteiger partial charge in [0, 0.05) is 37.8 Å². The van der Waals surface area contributed by atoms with Crippen LogP contribution in [0.4, 0.5) is 17.8 Å². The van der Waals surface area contributed by atoms with Crippen LogP contribution in [0, 0.1) is 11.8 Å². The SMILES string of the molecule is CC1CN(c2nc(N)nc(NCC3CCC(CNCCCNC4CCCCC4)CC3)n2)CC(C)N1CCCP(=O)(O)O. The van der Waals surface area contributed by atoms with Crippen LogP contribution in [-0.4, -0.2) is 99.7 Å². The molecule has 42 heavy (non-hydrogen) atoms. The molecule has 2 heterocycles. The first-order valence-corrected chi connectivity index (χ1v) is 18.2. The van der Waals surface area contributed by atoms with E-state index < -0.39 is 7.60 Å². The van der Waals surface area contributed by atoms with Crippen molar-refractivity contribution in [2.45, 2.75) is 103 Å². The number of nitrogens with zero attached hydrogens (tertiary/aromatic N) is 5. The van der Waals surface area contributed by atoms with E-state index in [2.05, 4.69) is 49.6 Å². The van der Waals surface area contributed by atoms with Crippen molar-refractivity contribution in [2.24, 2.45) is 11.8 Å². The molecule has 2 aliphatic carbocycles. The van der Waals surface area contributed by atoms with E-state index in [-0.39, 0.29) is 24.2 Å². The van der Waals surface area contributed by atoms with E-state index in [9.17, 15) is 14.4 Å². The Balaban J connectivity index is 1.13. The van der Waals surface area contributed by atoms with E-state index in [1.807, 2.05) is 0 Å². The lowest BCUT2D eigenvalue weighted by molar-refractivity contribution is 0.131. The fourth-order valence-corrected chi connectivity index (χ4v) is 7.58. The van der Waals surface area contributed by atoms with E-state index in [0.717, 1.165) is 51.2 Å². The fourth-order valence-electron chi connectivity index (χ4n) is 7.03. The van der Waals surface area contributed by atoms with Crippen molar-refractivity contribution >= 4 is 25.4 Å². The van der Waals surface area contributed by atoms with Gasteiger partial charge in [0.1, 0.15) is 0 Å². The van der Waals surface area contributed by atoms with Crippen molar-refractivity contribution in [3.05, 3.63) is 0 Å². The minimum Gasteiger partial charge on any atom is -0.368 e. The lowest BCUT2D eigenvalue weighted by Gasteiger charge is -2.44. The molecule has 240 valence electrons. The summed E-state index contributed by atoms with van der Waals surface area (Å²) in [6.07, 6.45) is 13.5. The molecular formula is C29H56N9O3P. The highest BCUT2D eigenvalue weighted by Crippen LogP contribution is 2.35. The lowest BCUT2D eigenvalue weighted by atomic mass is 9.82. The van der Waals surface area contributed by atoms with E-state index in [0.29, 0.717) is 30.8 Å². The Kier molecular flexibility index (Phi) is 13.1. The number of piperazine rings is 1. The molecule has 7 N–H and O–H groups in total. The zero-order valence-corrected chi connectivity index (χ0v) is 26.8. The first-order valence-electron chi connectivity index (χ1n) is 16.4. The molecule has 0 radical (unpaired) electrons. The second-order valence-electron chi connectivity index (χ2n) is 13.0. The molecule has 1 aliphatic heterocycles. The van der Waals surface area contributed by atoms with Gasteiger partial charge >= 0.3 is 7.60 Å². The maximum absolute atomic E-state index is 11.2. The van der Waals surface area contributed by atoms with Gasteiger partial charge in [-0.3, -0.25) is 9.46 Å². The smallest absolute Gasteiger partial charge is 0.325 e. The maximum atomic E-state index is 11.2. The minimum absolute atomic E-state index is 0.0809. The molecule has 2 unspecified atom stereocenters. The summed E-state index contributed by atoms with van der Waals surface area (Å²) in [7, 11) is -3.97. The van der Waals surface area contributed by atoms with E-state index in [1.165, 1.54) is 64.2 Å². The Labute approximate surface area is 252 Å². The summed E-state index contributed by atoms with van der Waals surface area (Å²) in [5.41, 5.74) is 6.09. The third-order valence-corrected chi connectivity index (χ3v) is 10.3. The van der Waals surface area contributed by atoms with Gasteiger partial charge in [-0.1, -0.05) is 19.3 Å². The van der Waals surface area contributed by atoms with Crippen LogP contribution in [-0.2, 0) is 4.57 Å². The average molecular weight is 610 g/mol. The van der Waals surface area contributed by atoms with Crippen LogP contribution in [0.1, 0.15) is 84.5 Å². The highest BCUT2D eigenvalue weighted by molar-refractivity contribution is 7.51. The maximum Gasteiger partial charge on any atom is 0.325 e. The highest BCUT2D eigenvalue weighted by atomic mass is 31.2. The monoisotopic (exact) mass is 609 g/mol. The second-order valence-corrected chi connectivity index (χ2v) is 14.8. The second kappa shape index (κ2) is 16.5. The topological polar surface area (TPSA) is 165 Å². The molecule has 0 spiro atoms. The number of rotatable bonds is 15. The van der Waals surface area contributed by atoms with Gasteiger partial charge < -0.3 is 36.4 Å². The first-order chi connectivity index (χ1) is 20.2. The molecule has 3 aliphatic rings. The number of hydrogen-bond donors (Lipinski definition) is 6. The molecule has 1 aromatic rings. The summed E-state index contributed by atoms with van der Waals surface area (Å²) in [6, 6.07) is 1.15. The number of aromatic nitrogens is 3. The number of nitrogens with two attached hydrogens (primary N) is 1. The van der Waals surface area contributed by atoms with Gasteiger partial charge in [0.15, 0.2) is 0 Å². The predicted molar refractivity (Wildman–Crippen MR) is 170 cm³/mol. The molecule has 2 saturated carbocycles. The zero-order valence-electron chi connectivity index (χ0n) is 25.9. The highest BCUT2D eigenvalue weighted by Gasteiger charge is 2.31. The molecule has 13 heteroatoms. The Morgan fingerprint density at radius 3 is 2.21 bits per heavy atom. The van der Waals surface area contributed by atoms with E-state index in [1.54, 1.807) is 0 Å². The van der Waals surface area contributed by atoms with Crippen LogP contribution in [0.25, 0.3) is 0 Å². The first kappa shape index (κ1) is 33.3. The van der Waals surface area contributed by atoms with Gasteiger partial charge in [0.25, 0.3) is 0 Å². The average Bonchev–Trinajstić information content (AvgIpc) is 2.95. The van der Waals surface area contributed by atoms with Gasteiger partial charge in [-0.2, -0.15) is 15.0 Å². The molecule has 0 amide bonds. The van der Waals surface area contributed by atoms with Gasteiger partial charge in [-0.25, -0.2) is 0 Å². The summed E-state index contributed by atoms with van der Waals surface area (Å²) in [4.78, 5) is 36.3. The number of hydrogen-bond acceptors (Lipinski definition) is 10. The summed E-state index contributed by atoms with van der Waals surface area (Å²) >= 11 is 0. The molecule has 12 nitrogen and oxygen atoms in total. The molecule has 0 bridgehead atoms. The van der Waals surface area contributed by atoms with E-state index >= 15 is 0 Å². The summed E-state index contributed by atoms with van der Waals surface area (Å²) in [5.74, 6) is 2.72. The minimum atomic E-state index is -3.97. The normalized spacial score (nSPS) is 26.4. The van der Waals surface area contributed by atoms with Gasteiger partial charge in [-0.05, 0) is 103 Å². The summed E-state index contributed by atoms with van der Waals surface area (Å²) in [5, 5.41) is 10.9. The van der Waals surface area contributed by atoms with Gasteiger partial charge in [-0.15, -0.1) is 0 Å². The molecule has 2 atom stereocenters. The van der Waals surface area contributed by atoms with Crippen molar-refractivity contribution in [2.75, 3.05) is 67.9 Å². The van der Waals surface area contributed by atoms with Crippen LogP contribution < -0.4 is 26.6 Å². The summed E-state index contributed by atoms with van der Waals surface area (Å²) in [6.45, 7) is 10.6. The van der Waals surface area contributed by atoms with Crippen molar-refractivity contribution in [1.29, 1.82) is 0 Å². The zero-order chi connectivity index (χ0) is 30.0. The van der Waals surface area contributed by atoms with Crippen molar-refractivity contribution in [3.8, 4) is 0 Å². The van der Waals surface area contributed by atoms with Crippen molar-refractivity contribution < 1.29 is 14.4 Å². The Hall–Kier alpha value is -1.56. The Morgan fingerprint density at radius 1 is 0.881 bits per heavy atom. The third kappa shape index (κ3) is 11.2. The van der Waals surface area contributed by atoms with Crippen molar-refractivity contribution in [3.63, 3.8) is 0 Å². The molecular weight excluding hydrogens is 553 g/mol. The molecule has 3 fully saturated rings. The lowest BCUT2D eigenvalue weighted by Crippen LogP contribution is -2.57. The number of anilines is 3. The number of nitrogens with one attached hydrogen (secondary N) is 3. The Morgan fingerprint density at radius 2 is 1.55 bits per heavy atom. The fraction of sp³-hybridized carbons (Fsp3) is 0.897. The van der Waals surface area contributed by atoms with Crippen LogP contribution in [0.5, 0.6) is 0 Å². The Bertz CT molecular complexity index is 973. The molecule has 1 aromatic heterocycles. The van der Waals surface area contributed by atoms with Gasteiger partial charge in [0.05, 0.1) is 6.16 Å². The van der Waals surface area contributed by atoms with Crippen LogP contribution in [0.2, 0.25) is 0 Å². The third-order valence-electron chi connectivity index (χ3n) is 9.41. The number of nitrogen functional groups attached to an aromatic ring is 1. The standard InChI is InChI=1S/C29H56N9O3P/c1-22-20-37(21-23(2)38(22)16-7-17-42(39,40)41)29-35-27(30)34-28(36-29)33-19-25-12-10-24(11-13-25)18-31-14-6-15-32-26-8-4-3-5-9-26/h22-26,31-32H,3-21H2,1-2H3,(H2,39,40,41)(H3,30,33,34,35,36). The quantitative estimate of drug-likeness (QED) is 0.127. The predicted octanol–water partition coefficient (Wildman–Crippen LogP) is 3.04. The molecule has 4 rings (SSSR count). The summed E-state index contributed by atoms with van der Waals surface area (Å²) < 4.78 is 11.2. The van der Waals surface area contributed by atoms with Crippen molar-refractivity contribution in [1.82, 2.24) is 30.5 Å². The van der Waals surface area contributed by atoms with E-state index in [4.69, 9.17) is 10.7 Å². The largest absolute Gasteiger partial charge is 0.368 e. The molecule has 1 saturated heterocycles. The van der Waals surface area contributed by atoms with Crippen LogP contribution >= 0.6 is 7.60 Å².